The summed E-state index contributed by atoms with van der Waals surface area (Å²) >= 11 is 0. The van der Waals surface area contributed by atoms with Crippen LogP contribution in [0.2, 0.25) is 0 Å². The maximum absolute atomic E-state index is 12.4. The minimum absolute atomic E-state index is 0.0304. The third kappa shape index (κ3) is 2.86. The number of rotatable bonds is 2. The van der Waals surface area contributed by atoms with Gasteiger partial charge in [-0.25, -0.2) is 5.01 Å². The van der Waals surface area contributed by atoms with Crippen molar-refractivity contribution in [3.63, 3.8) is 0 Å². The van der Waals surface area contributed by atoms with Crippen molar-refractivity contribution in [3.8, 4) is 0 Å². The molecule has 1 heterocycles. The Morgan fingerprint density at radius 3 is 2.22 bits per heavy atom. The zero-order valence-electron chi connectivity index (χ0n) is 11.7. The first-order chi connectivity index (χ1) is 8.53. The molecule has 104 valence electrons. The van der Waals surface area contributed by atoms with Crippen LogP contribution >= 0.6 is 0 Å². The summed E-state index contributed by atoms with van der Waals surface area (Å²) in [5.41, 5.74) is 8.74. The van der Waals surface area contributed by atoms with E-state index >= 15 is 0 Å². The van der Waals surface area contributed by atoms with Gasteiger partial charge >= 0.3 is 0 Å². The van der Waals surface area contributed by atoms with Crippen molar-refractivity contribution in [2.45, 2.75) is 82.8 Å². The van der Waals surface area contributed by atoms with Crippen LogP contribution in [0.15, 0.2) is 0 Å². The van der Waals surface area contributed by atoms with Gasteiger partial charge in [-0.15, -0.1) is 0 Å². The molecule has 18 heavy (non-hydrogen) atoms. The molecular formula is C14H27N3O. The lowest BCUT2D eigenvalue weighted by molar-refractivity contribution is -0.136. The van der Waals surface area contributed by atoms with Gasteiger partial charge in [-0.2, -0.15) is 0 Å². The van der Waals surface area contributed by atoms with Gasteiger partial charge in [0, 0.05) is 12.1 Å². The maximum atomic E-state index is 12.4. The zero-order chi connectivity index (χ0) is 13.2. The summed E-state index contributed by atoms with van der Waals surface area (Å²) in [6.07, 6.45) is 8.59. The molecule has 1 saturated heterocycles. The van der Waals surface area contributed by atoms with Crippen molar-refractivity contribution < 1.29 is 4.79 Å². The SMILES string of the molecule is CC1CCCC(C)N1NC(=O)C1(N)CCCCC1. The minimum atomic E-state index is -0.630. The predicted octanol–water partition coefficient (Wildman–Crippen LogP) is 1.94. The van der Waals surface area contributed by atoms with Gasteiger partial charge in [-0.1, -0.05) is 25.7 Å². The van der Waals surface area contributed by atoms with E-state index in [-0.39, 0.29) is 5.91 Å². The Balaban J connectivity index is 1.97. The molecule has 0 aromatic heterocycles. The normalized spacial score (nSPS) is 33.1. The van der Waals surface area contributed by atoms with Gasteiger partial charge in [0.2, 0.25) is 0 Å². The van der Waals surface area contributed by atoms with Gasteiger partial charge in [0.1, 0.15) is 0 Å². The van der Waals surface area contributed by atoms with Gasteiger partial charge in [0.05, 0.1) is 5.54 Å². The second-order valence-corrected chi connectivity index (χ2v) is 6.19. The molecule has 0 spiro atoms. The smallest absolute Gasteiger partial charge is 0.254 e. The van der Waals surface area contributed by atoms with Gasteiger partial charge in [0.25, 0.3) is 5.91 Å². The lowest BCUT2D eigenvalue weighted by Crippen LogP contribution is -2.62. The van der Waals surface area contributed by atoms with Crippen molar-refractivity contribution in [2.75, 3.05) is 0 Å². The highest BCUT2D eigenvalue weighted by molar-refractivity contribution is 5.85. The lowest BCUT2D eigenvalue weighted by atomic mass is 9.82. The molecule has 0 aromatic rings. The van der Waals surface area contributed by atoms with Gasteiger partial charge in [0.15, 0.2) is 0 Å². The summed E-state index contributed by atoms with van der Waals surface area (Å²) < 4.78 is 0. The molecule has 2 rings (SSSR count). The highest BCUT2D eigenvalue weighted by atomic mass is 16.2. The molecule has 2 aliphatic rings. The molecule has 1 saturated carbocycles. The molecule has 2 unspecified atom stereocenters. The Kier molecular flexibility index (Phi) is 4.28. The van der Waals surface area contributed by atoms with Gasteiger partial charge < -0.3 is 5.73 Å². The number of hydrogen-bond acceptors (Lipinski definition) is 3. The Labute approximate surface area is 110 Å². The molecule has 0 aromatic carbocycles. The molecule has 1 aliphatic heterocycles. The highest BCUT2D eigenvalue weighted by Gasteiger charge is 2.37. The molecule has 0 radical (unpaired) electrons. The lowest BCUT2D eigenvalue weighted by Gasteiger charge is -2.41. The number of hydrogen-bond donors (Lipinski definition) is 2. The Morgan fingerprint density at radius 1 is 1.11 bits per heavy atom. The largest absolute Gasteiger partial charge is 0.317 e. The number of hydrazine groups is 1. The number of amides is 1. The number of nitrogens with two attached hydrogens (primary N) is 1. The average Bonchev–Trinajstić information content (AvgIpc) is 2.34. The number of nitrogens with zero attached hydrogens (tertiary/aromatic N) is 1. The van der Waals surface area contributed by atoms with E-state index in [1.807, 2.05) is 0 Å². The van der Waals surface area contributed by atoms with E-state index in [0.717, 1.165) is 38.5 Å². The van der Waals surface area contributed by atoms with Gasteiger partial charge in [-0.05, 0) is 39.5 Å². The van der Waals surface area contributed by atoms with Crippen molar-refractivity contribution in [1.29, 1.82) is 0 Å². The fourth-order valence-electron chi connectivity index (χ4n) is 3.28. The molecular weight excluding hydrogens is 226 g/mol. The van der Waals surface area contributed by atoms with E-state index in [9.17, 15) is 4.79 Å². The summed E-state index contributed by atoms with van der Waals surface area (Å²) in [6, 6.07) is 0.842. The molecule has 2 fully saturated rings. The third-order valence-electron chi connectivity index (χ3n) is 4.62. The first-order valence-electron chi connectivity index (χ1n) is 7.41. The first-order valence-corrected chi connectivity index (χ1v) is 7.41. The average molecular weight is 253 g/mol. The second kappa shape index (κ2) is 5.57. The highest BCUT2D eigenvalue weighted by Crippen LogP contribution is 2.27. The first kappa shape index (κ1) is 13.8. The topological polar surface area (TPSA) is 58.4 Å². The van der Waals surface area contributed by atoms with E-state index in [1.165, 1.54) is 12.8 Å². The fourth-order valence-corrected chi connectivity index (χ4v) is 3.28. The van der Waals surface area contributed by atoms with Crippen molar-refractivity contribution in [2.24, 2.45) is 5.73 Å². The maximum Gasteiger partial charge on any atom is 0.254 e. The molecule has 4 nitrogen and oxygen atoms in total. The van der Waals surface area contributed by atoms with E-state index in [4.69, 9.17) is 5.73 Å². The van der Waals surface area contributed by atoms with Crippen LogP contribution in [0.25, 0.3) is 0 Å². The fraction of sp³-hybridized carbons (Fsp3) is 0.929. The number of carbonyl (C=O) groups is 1. The summed E-state index contributed by atoms with van der Waals surface area (Å²) in [6.45, 7) is 4.36. The van der Waals surface area contributed by atoms with E-state index in [1.54, 1.807) is 0 Å². The standard InChI is InChI=1S/C14H27N3O/c1-11-7-6-8-12(2)17(11)16-13(18)14(15)9-4-3-5-10-14/h11-12H,3-10,15H2,1-2H3,(H,16,18). The van der Waals surface area contributed by atoms with E-state index < -0.39 is 5.54 Å². The predicted molar refractivity (Wildman–Crippen MR) is 72.8 cm³/mol. The Hall–Kier alpha value is -0.610. The van der Waals surface area contributed by atoms with Crippen molar-refractivity contribution in [3.05, 3.63) is 0 Å². The summed E-state index contributed by atoms with van der Waals surface area (Å²) in [5, 5.41) is 2.12. The van der Waals surface area contributed by atoms with Crippen LogP contribution < -0.4 is 11.2 Å². The summed E-state index contributed by atoms with van der Waals surface area (Å²) in [4.78, 5) is 12.4. The molecule has 3 N–H and O–H groups in total. The van der Waals surface area contributed by atoms with Crippen LogP contribution in [0, 0.1) is 0 Å². The number of carbonyl (C=O) groups excluding carboxylic acids is 1. The van der Waals surface area contributed by atoms with Crippen LogP contribution in [0.1, 0.15) is 65.2 Å². The molecule has 1 amide bonds. The van der Waals surface area contributed by atoms with Gasteiger partial charge in [-0.3, -0.25) is 10.2 Å². The van der Waals surface area contributed by atoms with Crippen LogP contribution in [-0.2, 0) is 4.79 Å². The van der Waals surface area contributed by atoms with E-state index in [2.05, 4.69) is 24.3 Å². The van der Waals surface area contributed by atoms with Crippen molar-refractivity contribution >= 4 is 5.91 Å². The molecule has 2 atom stereocenters. The van der Waals surface area contributed by atoms with Crippen molar-refractivity contribution in [1.82, 2.24) is 10.4 Å². The zero-order valence-corrected chi connectivity index (χ0v) is 11.7. The Bertz CT molecular complexity index is 289. The third-order valence-corrected chi connectivity index (χ3v) is 4.62. The molecule has 1 aliphatic carbocycles. The Morgan fingerprint density at radius 2 is 1.67 bits per heavy atom. The quantitative estimate of drug-likeness (QED) is 0.790. The molecule has 0 bridgehead atoms. The number of nitrogens with one attached hydrogen (secondary N) is 1. The minimum Gasteiger partial charge on any atom is -0.317 e. The molecule has 4 heteroatoms. The monoisotopic (exact) mass is 253 g/mol. The van der Waals surface area contributed by atoms with E-state index in [0.29, 0.717) is 12.1 Å². The van der Waals surface area contributed by atoms with Crippen LogP contribution in [0.4, 0.5) is 0 Å². The van der Waals surface area contributed by atoms with Crippen LogP contribution in [0.5, 0.6) is 0 Å². The van der Waals surface area contributed by atoms with Crippen LogP contribution in [0.3, 0.4) is 0 Å². The second-order valence-electron chi connectivity index (χ2n) is 6.19. The summed E-state index contributed by atoms with van der Waals surface area (Å²) in [7, 11) is 0. The summed E-state index contributed by atoms with van der Waals surface area (Å²) in [5.74, 6) is 0.0304. The van der Waals surface area contributed by atoms with Crippen LogP contribution in [-0.4, -0.2) is 28.5 Å². The number of piperidine rings is 1.